The number of carbonyl (C=O) groups is 1. The van der Waals surface area contributed by atoms with Crippen molar-refractivity contribution in [3.8, 4) is 0 Å². The third kappa shape index (κ3) is 3.48. The van der Waals surface area contributed by atoms with Gasteiger partial charge in [-0.3, -0.25) is 9.48 Å². The first-order chi connectivity index (χ1) is 8.79. The Morgan fingerprint density at radius 1 is 1.47 bits per heavy atom. The lowest BCUT2D eigenvalue weighted by molar-refractivity contribution is -0.121. The molecule has 8 heteroatoms. The molecule has 1 aromatic rings. The molecule has 1 amide bonds. The number of amides is 1. The Bertz CT molecular complexity index is 605. The van der Waals surface area contributed by atoms with Gasteiger partial charge in [0.25, 0.3) is 9.05 Å². The van der Waals surface area contributed by atoms with E-state index < -0.39 is 9.05 Å². The van der Waals surface area contributed by atoms with E-state index in [9.17, 15) is 13.2 Å². The summed E-state index contributed by atoms with van der Waals surface area (Å²) < 4.78 is 24.2. The van der Waals surface area contributed by atoms with Crippen molar-refractivity contribution < 1.29 is 13.2 Å². The van der Waals surface area contributed by atoms with Gasteiger partial charge in [-0.05, 0) is 32.6 Å². The third-order valence-corrected chi connectivity index (χ3v) is 4.68. The molecule has 1 aliphatic rings. The van der Waals surface area contributed by atoms with Gasteiger partial charge in [0.15, 0.2) is 0 Å². The monoisotopic (exact) mass is 305 g/mol. The molecule has 1 fully saturated rings. The van der Waals surface area contributed by atoms with Gasteiger partial charge >= 0.3 is 0 Å². The van der Waals surface area contributed by atoms with E-state index in [2.05, 4.69) is 10.4 Å². The molecule has 2 rings (SSSR count). The minimum Gasteiger partial charge on any atom is -0.354 e. The zero-order chi connectivity index (χ0) is 14.2. The van der Waals surface area contributed by atoms with Crippen LogP contribution in [0, 0.1) is 19.8 Å². The molecule has 0 saturated heterocycles. The fraction of sp³-hybridized carbons (Fsp3) is 0.636. The Labute approximate surface area is 116 Å². The van der Waals surface area contributed by atoms with Crippen LogP contribution in [0.2, 0.25) is 0 Å². The van der Waals surface area contributed by atoms with Gasteiger partial charge in [-0.1, -0.05) is 0 Å². The summed E-state index contributed by atoms with van der Waals surface area (Å²) >= 11 is 0. The Kier molecular flexibility index (Phi) is 3.87. The van der Waals surface area contributed by atoms with E-state index in [-0.39, 0.29) is 17.3 Å². The number of aryl methyl sites for hydroxylation is 1. The molecular formula is C11H16ClN3O3S. The van der Waals surface area contributed by atoms with Crippen molar-refractivity contribution in [2.45, 2.75) is 38.1 Å². The zero-order valence-electron chi connectivity index (χ0n) is 10.8. The maximum atomic E-state index is 11.7. The summed E-state index contributed by atoms with van der Waals surface area (Å²) in [5.74, 6) is 0.430. The molecule has 1 saturated carbocycles. The lowest BCUT2D eigenvalue weighted by Crippen LogP contribution is -2.30. The fourth-order valence-electron chi connectivity index (χ4n) is 1.96. The van der Waals surface area contributed by atoms with E-state index in [0.717, 1.165) is 12.8 Å². The molecule has 6 nitrogen and oxygen atoms in total. The largest absolute Gasteiger partial charge is 0.354 e. The van der Waals surface area contributed by atoms with E-state index in [4.69, 9.17) is 10.7 Å². The van der Waals surface area contributed by atoms with Crippen molar-refractivity contribution in [3.05, 3.63) is 11.4 Å². The first-order valence-corrected chi connectivity index (χ1v) is 8.35. The molecule has 0 radical (unpaired) electrons. The van der Waals surface area contributed by atoms with Gasteiger partial charge in [0.1, 0.15) is 11.4 Å². The van der Waals surface area contributed by atoms with E-state index in [1.165, 1.54) is 4.68 Å². The molecule has 1 aliphatic carbocycles. The lowest BCUT2D eigenvalue weighted by Gasteiger charge is -2.06. The molecule has 0 atom stereocenters. The summed E-state index contributed by atoms with van der Waals surface area (Å²) in [6, 6.07) is 0. The van der Waals surface area contributed by atoms with Crippen LogP contribution in [-0.4, -0.2) is 30.7 Å². The first kappa shape index (κ1) is 14.3. The van der Waals surface area contributed by atoms with Gasteiger partial charge in [-0.15, -0.1) is 0 Å². The smallest absolute Gasteiger partial charge is 0.264 e. The molecule has 19 heavy (non-hydrogen) atoms. The van der Waals surface area contributed by atoms with Gasteiger partial charge in [0.2, 0.25) is 5.91 Å². The van der Waals surface area contributed by atoms with Gasteiger partial charge < -0.3 is 5.32 Å². The van der Waals surface area contributed by atoms with E-state index in [1.807, 2.05) is 0 Å². The Hall–Kier alpha value is -1.08. The summed E-state index contributed by atoms with van der Waals surface area (Å²) in [6.07, 6.45) is 2.32. The number of carbonyl (C=O) groups excluding carboxylic acids is 1. The van der Waals surface area contributed by atoms with Crippen LogP contribution in [0.3, 0.4) is 0 Å². The number of rotatable bonds is 5. The van der Waals surface area contributed by atoms with Crippen LogP contribution < -0.4 is 5.32 Å². The second-order valence-corrected chi connectivity index (χ2v) is 7.35. The van der Waals surface area contributed by atoms with E-state index in [0.29, 0.717) is 23.9 Å². The van der Waals surface area contributed by atoms with Crippen LogP contribution in [0.5, 0.6) is 0 Å². The number of hydrogen-bond acceptors (Lipinski definition) is 4. The molecule has 1 heterocycles. The Balaban J connectivity index is 2.10. The van der Waals surface area contributed by atoms with E-state index >= 15 is 0 Å². The number of aromatic nitrogens is 2. The number of hydrogen-bond donors (Lipinski definition) is 1. The van der Waals surface area contributed by atoms with Crippen molar-refractivity contribution in [1.82, 2.24) is 15.1 Å². The standard InChI is InChI=1S/C11H16ClN3O3S/c1-7-11(19(12,17)18)8(2)15(14-7)6-10(16)13-5-9-3-4-9/h9H,3-6H2,1-2H3,(H,13,16). The molecule has 0 unspecified atom stereocenters. The number of halogens is 1. The van der Waals surface area contributed by atoms with Crippen LogP contribution in [0.15, 0.2) is 4.90 Å². The van der Waals surface area contributed by atoms with Gasteiger partial charge in [0, 0.05) is 17.2 Å². The minimum absolute atomic E-state index is 0.00576. The topological polar surface area (TPSA) is 81.1 Å². The fourth-order valence-corrected chi connectivity index (χ4v) is 3.48. The van der Waals surface area contributed by atoms with Crippen LogP contribution in [0.25, 0.3) is 0 Å². The number of nitrogens with zero attached hydrogens (tertiary/aromatic N) is 2. The number of nitrogens with one attached hydrogen (secondary N) is 1. The summed E-state index contributed by atoms with van der Waals surface area (Å²) in [6.45, 7) is 3.83. The summed E-state index contributed by atoms with van der Waals surface area (Å²) in [5, 5.41) is 6.86. The second-order valence-electron chi connectivity index (χ2n) is 4.84. The van der Waals surface area contributed by atoms with Crippen molar-refractivity contribution in [3.63, 3.8) is 0 Å². The molecule has 0 bridgehead atoms. The van der Waals surface area contributed by atoms with Gasteiger partial charge in [-0.25, -0.2) is 8.42 Å². The van der Waals surface area contributed by atoms with Crippen LogP contribution >= 0.6 is 10.7 Å². The van der Waals surface area contributed by atoms with Crippen LogP contribution in [-0.2, 0) is 20.4 Å². The molecular weight excluding hydrogens is 290 g/mol. The van der Waals surface area contributed by atoms with Crippen LogP contribution in [0.1, 0.15) is 24.2 Å². The summed E-state index contributed by atoms with van der Waals surface area (Å²) in [7, 11) is 1.51. The quantitative estimate of drug-likeness (QED) is 0.821. The highest BCUT2D eigenvalue weighted by atomic mass is 35.7. The van der Waals surface area contributed by atoms with Gasteiger partial charge in [0.05, 0.1) is 11.4 Å². The van der Waals surface area contributed by atoms with E-state index in [1.54, 1.807) is 13.8 Å². The average molecular weight is 306 g/mol. The zero-order valence-corrected chi connectivity index (χ0v) is 12.4. The molecule has 1 aromatic heterocycles. The SMILES string of the molecule is Cc1nn(CC(=O)NCC2CC2)c(C)c1S(=O)(=O)Cl. The second kappa shape index (κ2) is 5.13. The highest BCUT2D eigenvalue weighted by Gasteiger charge is 2.24. The normalized spacial score (nSPS) is 15.5. The molecule has 1 N–H and O–H groups in total. The summed E-state index contributed by atoms with van der Waals surface area (Å²) in [4.78, 5) is 11.7. The highest BCUT2D eigenvalue weighted by molar-refractivity contribution is 8.13. The van der Waals surface area contributed by atoms with Crippen molar-refractivity contribution in [1.29, 1.82) is 0 Å². The maximum absolute atomic E-state index is 11.7. The van der Waals surface area contributed by atoms with Crippen molar-refractivity contribution >= 4 is 25.6 Å². The van der Waals surface area contributed by atoms with Crippen molar-refractivity contribution in [2.24, 2.45) is 5.92 Å². The lowest BCUT2D eigenvalue weighted by atomic mass is 10.4. The predicted octanol–water partition coefficient (Wildman–Crippen LogP) is 0.954. The molecule has 106 valence electrons. The third-order valence-electron chi connectivity index (χ3n) is 3.14. The first-order valence-electron chi connectivity index (χ1n) is 6.04. The molecule has 0 spiro atoms. The van der Waals surface area contributed by atoms with Gasteiger partial charge in [-0.2, -0.15) is 5.10 Å². The molecule has 0 aliphatic heterocycles. The predicted molar refractivity (Wildman–Crippen MR) is 70.5 cm³/mol. The average Bonchev–Trinajstić information content (AvgIpc) is 3.02. The van der Waals surface area contributed by atoms with Crippen LogP contribution in [0.4, 0.5) is 0 Å². The van der Waals surface area contributed by atoms with Crippen molar-refractivity contribution in [2.75, 3.05) is 6.54 Å². The molecule has 0 aromatic carbocycles. The minimum atomic E-state index is -3.84. The maximum Gasteiger partial charge on any atom is 0.264 e. The Morgan fingerprint density at radius 2 is 2.11 bits per heavy atom. The summed E-state index contributed by atoms with van der Waals surface area (Å²) in [5.41, 5.74) is 0.691. The Morgan fingerprint density at radius 3 is 2.58 bits per heavy atom. The highest BCUT2D eigenvalue weighted by Crippen LogP contribution is 2.27.